The van der Waals surface area contributed by atoms with Gasteiger partial charge in [-0.25, -0.2) is 9.78 Å². The number of aromatic nitrogens is 2. The van der Waals surface area contributed by atoms with Crippen LogP contribution in [0.2, 0.25) is 0 Å². The van der Waals surface area contributed by atoms with Crippen LogP contribution in [0.15, 0.2) is 47.7 Å². The smallest absolute Gasteiger partial charge is 0.407 e. The van der Waals surface area contributed by atoms with E-state index in [1.54, 1.807) is 7.05 Å². The second kappa shape index (κ2) is 10.3. The van der Waals surface area contributed by atoms with Gasteiger partial charge in [0.15, 0.2) is 5.96 Å². The third-order valence-electron chi connectivity index (χ3n) is 5.05. The van der Waals surface area contributed by atoms with Crippen molar-refractivity contribution in [1.29, 1.82) is 0 Å². The Morgan fingerprint density at radius 1 is 1.29 bits per heavy atom. The molecule has 168 valence electrons. The number of nitrogens with one attached hydrogen (secondary N) is 2. The van der Waals surface area contributed by atoms with Gasteiger partial charge in [0.2, 0.25) is 0 Å². The predicted octanol–water partition coefficient (Wildman–Crippen LogP) is 2.65. The Morgan fingerprint density at radius 3 is 2.77 bits per heavy atom. The van der Waals surface area contributed by atoms with Crippen molar-refractivity contribution in [3.05, 3.63) is 54.1 Å². The fraction of sp³-hybridized carbons (Fsp3) is 0.522. The van der Waals surface area contributed by atoms with Crippen LogP contribution in [-0.4, -0.2) is 64.8 Å². The molecule has 1 fully saturated rings. The molecule has 0 aliphatic carbocycles. The molecule has 1 aliphatic rings. The first-order chi connectivity index (χ1) is 14.8. The third kappa shape index (κ3) is 7.01. The highest BCUT2D eigenvalue weighted by molar-refractivity contribution is 5.80. The van der Waals surface area contributed by atoms with E-state index in [9.17, 15) is 4.79 Å². The molecular weight excluding hydrogens is 392 g/mol. The number of alkyl carbamates (subject to hydrolysis) is 1. The van der Waals surface area contributed by atoms with Crippen LogP contribution in [-0.2, 0) is 17.7 Å². The molecule has 1 aromatic heterocycles. The van der Waals surface area contributed by atoms with E-state index < -0.39 is 5.60 Å². The Balaban J connectivity index is 1.46. The van der Waals surface area contributed by atoms with Gasteiger partial charge in [0.1, 0.15) is 11.4 Å². The van der Waals surface area contributed by atoms with Crippen molar-refractivity contribution >= 4 is 12.1 Å². The van der Waals surface area contributed by atoms with Crippen LogP contribution < -0.4 is 10.6 Å². The van der Waals surface area contributed by atoms with Gasteiger partial charge in [-0.1, -0.05) is 30.3 Å². The van der Waals surface area contributed by atoms with E-state index in [4.69, 9.17) is 4.74 Å². The van der Waals surface area contributed by atoms with E-state index in [2.05, 4.69) is 54.3 Å². The maximum Gasteiger partial charge on any atom is 0.407 e. The molecule has 1 unspecified atom stereocenters. The van der Waals surface area contributed by atoms with Crippen molar-refractivity contribution in [3.63, 3.8) is 0 Å². The molecule has 0 spiro atoms. The number of likely N-dealkylation sites (tertiary alicyclic amines) is 1. The number of imidazole rings is 1. The van der Waals surface area contributed by atoms with Crippen LogP contribution in [0.3, 0.4) is 0 Å². The first-order valence-corrected chi connectivity index (χ1v) is 10.8. The summed E-state index contributed by atoms with van der Waals surface area (Å²) in [6, 6.07) is 10.4. The quantitative estimate of drug-likeness (QED) is 0.548. The molecule has 8 heteroatoms. The minimum absolute atomic E-state index is 0.0539. The lowest BCUT2D eigenvalue weighted by atomic mass is 10.2. The predicted molar refractivity (Wildman–Crippen MR) is 122 cm³/mol. The number of guanidine groups is 1. The summed E-state index contributed by atoms with van der Waals surface area (Å²) >= 11 is 0. The van der Waals surface area contributed by atoms with Gasteiger partial charge in [-0.3, -0.25) is 4.99 Å². The molecule has 31 heavy (non-hydrogen) atoms. The minimum atomic E-state index is -0.494. The summed E-state index contributed by atoms with van der Waals surface area (Å²) in [6.07, 6.45) is 5.16. The van der Waals surface area contributed by atoms with Crippen LogP contribution in [0.1, 0.15) is 38.6 Å². The van der Waals surface area contributed by atoms with Gasteiger partial charge in [-0.15, -0.1) is 0 Å². The number of aliphatic imine (C=N–C) groups is 1. The van der Waals surface area contributed by atoms with Crippen molar-refractivity contribution < 1.29 is 9.53 Å². The third-order valence-corrected chi connectivity index (χ3v) is 5.05. The Kier molecular flexibility index (Phi) is 7.55. The molecule has 1 amide bonds. The average Bonchev–Trinajstić information content (AvgIpc) is 3.34. The SMILES string of the molecule is CN=C(NCCc1nccn1Cc1ccccc1)N1CCC(NC(=O)OC(C)(C)C)C1. The zero-order chi connectivity index (χ0) is 22.3. The van der Waals surface area contributed by atoms with Crippen molar-refractivity contribution in [2.75, 3.05) is 26.7 Å². The number of amides is 1. The van der Waals surface area contributed by atoms with Crippen LogP contribution in [0, 0.1) is 0 Å². The first kappa shape index (κ1) is 22.7. The van der Waals surface area contributed by atoms with E-state index in [1.807, 2.05) is 39.2 Å². The van der Waals surface area contributed by atoms with Crippen molar-refractivity contribution in [3.8, 4) is 0 Å². The molecule has 0 bridgehead atoms. The van der Waals surface area contributed by atoms with Crippen molar-refractivity contribution in [2.45, 2.75) is 51.8 Å². The van der Waals surface area contributed by atoms with Gasteiger partial charge in [-0.05, 0) is 32.8 Å². The largest absolute Gasteiger partial charge is 0.444 e. The fourth-order valence-electron chi connectivity index (χ4n) is 3.66. The fourth-order valence-corrected chi connectivity index (χ4v) is 3.66. The minimum Gasteiger partial charge on any atom is -0.444 e. The lowest BCUT2D eigenvalue weighted by Crippen LogP contribution is -2.44. The molecule has 2 N–H and O–H groups in total. The maximum atomic E-state index is 12.0. The lowest BCUT2D eigenvalue weighted by molar-refractivity contribution is 0.0507. The summed E-state index contributed by atoms with van der Waals surface area (Å²) in [5.74, 6) is 1.88. The summed E-state index contributed by atoms with van der Waals surface area (Å²) in [5, 5.41) is 6.39. The molecule has 1 aromatic carbocycles. The number of benzene rings is 1. The first-order valence-electron chi connectivity index (χ1n) is 10.8. The summed E-state index contributed by atoms with van der Waals surface area (Å²) in [4.78, 5) is 23.1. The van der Waals surface area contributed by atoms with E-state index in [0.717, 1.165) is 44.3 Å². The Labute approximate surface area is 184 Å². The van der Waals surface area contributed by atoms with E-state index in [-0.39, 0.29) is 12.1 Å². The number of carbonyl (C=O) groups excluding carboxylic acids is 1. The van der Waals surface area contributed by atoms with Crippen LogP contribution >= 0.6 is 0 Å². The van der Waals surface area contributed by atoms with E-state index in [1.165, 1.54) is 5.56 Å². The standard InChI is InChI=1S/C23H34N6O2/c1-23(2,3)31-22(30)27-19-11-14-29(17-19)21(24-4)26-12-10-20-25-13-15-28(20)16-18-8-6-5-7-9-18/h5-9,13,15,19H,10-12,14,16-17H2,1-4H3,(H,24,26)(H,27,30). The number of rotatable bonds is 6. The highest BCUT2D eigenvalue weighted by Crippen LogP contribution is 2.12. The molecule has 0 saturated carbocycles. The van der Waals surface area contributed by atoms with Crippen LogP contribution in [0.25, 0.3) is 0 Å². The highest BCUT2D eigenvalue weighted by atomic mass is 16.6. The van der Waals surface area contributed by atoms with E-state index in [0.29, 0.717) is 6.54 Å². The second-order valence-electron chi connectivity index (χ2n) is 8.76. The molecule has 0 radical (unpaired) electrons. The molecule has 1 saturated heterocycles. The van der Waals surface area contributed by atoms with Gasteiger partial charge < -0.3 is 24.8 Å². The van der Waals surface area contributed by atoms with Gasteiger partial charge in [-0.2, -0.15) is 0 Å². The van der Waals surface area contributed by atoms with Gasteiger partial charge in [0.25, 0.3) is 0 Å². The highest BCUT2D eigenvalue weighted by Gasteiger charge is 2.27. The summed E-state index contributed by atoms with van der Waals surface area (Å²) < 4.78 is 7.53. The lowest BCUT2D eigenvalue weighted by Gasteiger charge is -2.23. The number of carbonyl (C=O) groups is 1. The summed E-state index contributed by atoms with van der Waals surface area (Å²) in [5.41, 5.74) is 0.762. The molecule has 3 rings (SSSR count). The maximum absolute atomic E-state index is 12.0. The Morgan fingerprint density at radius 2 is 2.06 bits per heavy atom. The number of ether oxygens (including phenoxy) is 1. The van der Waals surface area contributed by atoms with Gasteiger partial charge >= 0.3 is 6.09 Å². The number of hydrogen-bond acceptors (Lipinski definition) is 4. The zero-order valence-electron chi connectivity index (χ0n) is 19.0. The van der Waals surface area contributed by atoms with Crippen molar-refractivity contribution in [1.82, 2.24) is 25.1 Å². The monoisotopic (exact) mass is 426 g/mol. The number of hydrogen-bond donors (Lipinski definition) is 2. The molecule has 8 nitrogen and oxygen atoms in total. The Hall–Kier alpha value is -3.03. The summed E-state index contributed by atoms with van der Waals surface area (Å²) in [7, 11) is 1.79. The number of nitrogens with zero attached hydrogens (tertiary/aromatic N) is 4. The van der Waals surface area contributed by atoms with Crippen LogP contribution in [0.4, 0.5) is 4.79 Å². The molecule has 1 atom stereocenters. The summed E-state index contributed by atoms with van der Waals surface area (Å²) in [6.45, 7) is 8.69. The second-order valence-corrected chi connectivity index (χ2v) is 8.76. The zero-order valence-corrected chi connectivity index (χ0v) is 19.0. The Bertz CT molecular complexity index is 872. The van der Waals surface area contributed by atoms with Crippen molar-refractivity contribution in [2.24, 2.45) is 4.99 Å². The normalized spacial score (nSPS) is 17.0. The van der Waals surface area contributed by atoms with Gasteiger partial charge in [0, 0.05) is 52.0 Å². The molecule has 2 heterocycles. The molecular formula is C23H34N6O2. The molecule has 2 aromatic rings. The average molecular weight is 427 g/mol. The topological polar surface area (TPSA) is 83.8 Å². The van der Waals surface area contributed by atoms with E-state index >= 15 is 0 Å². The van der Waals surface area contributed by atoms with Gasteiger partial charge in [0.05, 0.1) is 6.04 Å². The van der Waals surface area contributed by atoms with Crippen LogP contribution in [0.5, 0.6) is 0 Å². The molecule has 1 aliphatic heterocycles.